The van der Waals surface area contributed by atoms with Crippen LogP contribution in [0.3, 0.4) is 0 Å². The van der Waals surface area contributed by atoms with Crippen molar-refractivity contribution in [3.63, 3.8) is 0 Å². The maximum atomic E-state index is 12.2. The molecule has 3 rings (SSSR count). The van der Waals surface area contributed by atoms with Crippen LogP contribution in [0.15, 0.2) is 35.3 Å². The molecule has 18 heavy (non-hydrogen) atoms. The van der Waals surface area contributed by atoms with Gasteiger partial charge < -0.3 is 5.73 Å². The number of benzene rings is 1. The van der Waals surface area contributed by atoms with Gasteiger partial charge in [-0.3, -0.25) is 4.79 Å². The molecule has 0 saturated heterocycles. The molecule has 0 aliphatic heterocycles. The van der Waals surface area contributed by atoms with Crippen LogP contribution >= 0.6 is 0 Å². The van der Waals surface area contributed by atoms with E-state index in [0.29, 0.717) is 10.9 Å². The van der Waals surface area contributed by atoms with E-state index in [2.05, 4.69) is 9.97 Å². The predicted molar refractivity (Wildman–Crippen MR) is 65.9 cm³/mol. The van der Waals surface area contributed by atoms with Crippen molar-refractivity contribution in [2.75, 3.05) is 5.73 Å². The van der Waals surface area contributed by atoms with Crippen molar-refractivity contribution in [2.45, 2.75) is 0 Å². The van der Waals surface area contributed by atoms with Gasteiger partial charge in [-0.2, -0.15) is 10.2 Å². The van der Waals surface area contributed by atoms with Gasteiger partial charge in [-0.05, 0) is 12.1 Å². The summed E-state index contributed by atoms with van der Waals surface area (Å²) in [6.07, 6.45) is 1.36. The minimum Gasteiger partial charge on any atom is -0.382 e. The van der Waals surface area contributed by atoms with Crippen LogP contribution < -0.4 is 11.3 Å². The summed E-state index contributed by atoms with van der Waals surface area (Å²) < 4.78 is 1.23. The molecule has 0 aliphatic rings. The molecule has 0 spiro atoms. The highest BCUT2D eigenvalue weighted by molar-refractivity contribution is 5.79. The Hall–Kier alpha value is -2.94. The number of anilines is 1. The predicted octanol–water partition coefficient (Wildman–Crippen LogP) is 0.697. The molecule has 1 aromatic carbocycles. The minimum absolute atomic E-state index is 0.0691. The number of fused-ring (bicyclic) bond motifs is 2. The number of para-hydroxylation sites is 1. The molecule has 86 valence electrons. The van der Waals surface area contributed by atoms with Gasteiger partial charge in [0, 0.05) is 6.20 Å². The van der Waals surface area contributed by atoms with Crippen molar-refractivity contribution in [2.24, 2.45) is 0 Å². The SMILES string of the molecule is N#Cc1cn2c(=O)c3ccccc3nc2nc1N. The van der Waals surface area contributed by atoms with Crippen molar-refractivity contribution in [3.05, 3.63) is 46.4 Å². The van der Waals surface area contributed by atoms with Crippen LogP contribution in [-0.2, 0) is 0 Å². The summed E-state index contributed by atoms with van der Waals surface area (Å²) in [6, 6.07) is 8.84. The van der Waals surface area contributed by atoms with Gasteiger partial charge in [0.25, 0.3) is 5.56 Å². The average Bonchev–Trinajstić information content (AvgIpc) is 2.38. The van der Waals surface area contributed by atoms with Gasteiger partial charge >= 0.3 is 0 Å². The number of nitrogens with zero attached hydrogens (tertiary/aromatic N) is 4. The van der Waals surface area contributed by atoms with E-state index in [1.165, 1.54) is 10.6 Å². The topological polar surface area (TPSA) is 97.1 Å². The van der Waals surface area contributed by atoms with Gasteiger partial charge in [-0.15, -0.1) is 0 Å². The maximum absolute atomic E-state index is 12.2. The zero-order valence-corrected chi connectivity index (χ0v) is 9.16. The quantitative estimate of drug-likeness (QED) is 0.580. The number of nitrogen functional groups attached to an aromatic ring is 1. The molecule has 0 bridgehead atoms. The second-order valence-corrected chi connectivity index (χ2v) is 3.76. The summed E-state index contributed by atoms with van der Waals surface area (Å²) >= 11 is 0. The molecular weight excluding hydrogens is 230 g/mol. The van der Waals surface area contributed by atoms with Crippen molar-refractivity contribution >= 4 is 22.5 Å². The van der Waals surface area contributed by atoms with Crippen LogP contribution in [0, 0.1) is 11.3 Å². The van der Waals surface area contributed by atoms with Crippen LogP contribution in [0.1, 0.15) is 5.56 Å². The normalized spacial score (nSPS) is 10.6. The Morgan fingerprint density at radius 3 is 2.83 bits per heavy atom. The van der Waals surface area contributed by atoms with E-state index < -0.39 is 0 Å². The van der Waals surface area contributed by atoms with Crippen LogP contribution in [0.25, 0.3) is 16.7 Å². The fourth-order valence-electron chi connectivity index (χ4n) is 1.78. The Labute approximate surface area is 101 Å². The smallest absolute Gasteiger partial charge is 0.266 e. The first kappa shape index (κ1) is 10.2. The monoisotopic (exact) mass is 237 g/mol. The fraction of sp³-hybridized carbons (Fsp3) is 0. The molecule has 0 radical (unpaired) electrons. The maximum Gasteiger partial charge on any atom is 0.266 e. The summed E-state index contributed by atoms with van der Waals surface area (Å²) in [5.41, 5.74) is 6.05. The molecule has 2 N–H and O–H groups in total. The number of rotatable bonds is 0. The van der Waals surface area contributed by atoms with Gasteiger partial charge in [0.05, 0.1) is 10.9 Å². The third kappa shape index (κ3) is 1.31. The van der Waals surface area contributed by atoms with Crippen LogP contribution in [0.5, 0.6) is 0 Å². The van der Waals surface area contributed by atoms with E-state index in [1.807, 2.05) is 6.07 Å². The first-order chi connectivity index (χ1) is 8.70. The molecule has 0 aliphatic carbocycles. The second-order valence-electron chi connectivity index (χ2n) is 3.76. The van der Waals surface area contributed by atoms with E-state index in [4.69, 9.17) is 11.0 Å². The third-order valence-corrected chi connectivity index (χ3v) is 2.66. The van der Waals surface area contributed by atoms with E-state index in [9.17, 15) is 4.79 Å². The van der Waals surface area contributed by atoms with Gasteiger partial charge in [-0.1, -0.05) is 12.1 Å². The highest BCUT2D eigenvalue weighted by Gasteiger charge is 2.09. The Morgan fingerprint density at radius 2 is 2.06 bits per heavy atom. The standard InChI is InChI=1S/C12H7N5O/c13-5-7-6-17-11(18)8-3-1-2-4-9(8)15-12(17)16-10(7)14/h1-4,6H,(H2,14,15,16). The van der Waals surface area contributed by atoms with Gasteiger partial charge in [0.2, 0.25) is 5.78 Å². The largest absolute Gasteiger partial charge is 0.382 e. The number of hydrogen-bond donors (Lipinski definition) is 1. The van der Waals surface area contributed by atoms with Crippen LogP contribution in [0.4, 0.5) is 5.82 Å². The highest BCUT2D eigenvalue weighted by atomic mass is 16.1. The van der Waals surface area contributed by atoms with Crippen molar-refractivity contribution in [3.8, 4) is 6.07 Å². The van der Waals surface area contributed by atoms with Gasteiger partial charge in [0.1, 0.15) is 17.5 Å². The van der Waals surface area contributed by atoms with E-state index >= 15 is 0 Å². The van der Waals surface area contributed by atoms with Gasteiger partial charge in [0.15, 0.2) is 0 Å². The third-order valence-electron chi connectivity index (χ3n) is 2.66. The Morgan fingerprint density at radius 1 is 1.28 bits per heavy atom. The van der Waals surface area contributed by atoms with E-state index in [1.54, 1.807) is 24.3 Å². The lowest BCUT2D eigenvalue weighted by atomic mass is 10.2. The zero-order chi connectivity index (χ0) is 12.7. The summed E-state index contributed by atoms with van der Waals surface area (Å²) in [4.78, 5) is 20.4. The molecular formula is C12H7N5O. The summed E-state index contributed by atoms with van der Waals surface area (Å²) in [5, 5.41) is 9.35. The van der Waals surface area contributed by atoms with Crippen LogP contribution in [0.2, 0.25) is 0 Å². The summed E-state index contributed by atoms with van der Waals surface area (Å²) in [5.74, 6) is 0.259. The van der Waals surface area contributed by atoms with Crippen molar-refractivity contribution < 1.29 is 0 Å². The molecule has 3 aromatic rings. The van der Waals surface area contributed by atoms with Crippen molar-refractivity contribution in [1.82, 2.24) is 14.4 Å². The first-order valence-electron chi connectivity index (χ1n) is 5.18. The highest BCUT2D eigenvalue weighted by Crippen LogP contribution is 2.11. The lowest BCUT2D eigenvalue weighted by Gasteiger charge is -2.04. The number of aromatic nitrogens is 3. The fourth-order valence-corrected chi connectivity index (χ4v) is 1.78. The zero-order valence-electron chi connectivity index (χ0n) is 9.16. The minimum atomic E-state index is -0.264. The Kier molecular flexibility index (Phi) is 2.01. The molecule has 2 heterocycles. The van der Waals surface area contributed by atoms with E-state index in [-0.39, 0.29) is 22.7 Å². The lowest BCUT2D eigenvalue weighted by Crippen LogP contribution is -2.17. The first-order valence-corrected chi connectivity index (χ1v) is 5.18. The Balaban J connectivity index is 2.58. The molecule has 0 atom stereocenters. The summed E-state index contributed by atoms with van der Waals surface area (Å²) in [7, 11) is 0. The molecule has 0 saturated carbocycles. The molecule has 0 unspecified atom stereocenters. The number of nitriles is 1. The average molecular weight is 237 g/mol. The number of hydrogen-bond acceptors (Lipinski definition) is 5. The van der Waals surface area contributed by atoms with E-state index in [0.717, 1.165) is 0 Å². The second kappa shape index (κ2) is 3.53. The summed E-state index contributed by atoms with van der Waals surface area (Å²) in [6.45, 7) is 0. The lowest BCUT2D eigenvalue weighted by molar-refractivity contribution is 1.02. The van der Waals surface area contributed by atoms with Crippen LogP contribution in [-0.4, -0.2) is 14.4 Å². The number of nitrogens with two attached hydrogens (primary N) is 1. The Bertz CT molecular complexity index is 875. The molecule has 6 nitrogen and oxygen atoms in total. The molecule has 0 amide bonds. The molecule has 6 heteroatoms. The molecule has 0 fully saturated rings. The van der Waals surface area contributed by atoms with Crippen molar-refractivity contribution in [1.29, 1.82) is 5.26 Å². The molecule has 2 aromatic heterocycles. The van der Waals surface area contributed by atoms with Gasteiger partial charge in [-0.25, -0.2) is 9.38 Å².